The molecule has 0 atom stereocenters. The number of carbonyl (C=O) groups is 2. The lowest BCUT2D eigenvalue weighted by molar-refractivity contribution is -0.136. The van der Waals surface area contributed by atoms with E-state index in [9.17, 15) is 9.59 Å². The predicted octanol–water partition coefficient (Wildman–Crippen LogP) is -0.958. The molecule has 1 aromatic rings. The van der Waals surface area contributed by atoms with Crippen LogP contribution in [0.5, 0.6) is 0 Å². The van der Waals surface area contributed by atoms with Crippen LogP contribution in [0.25, 0.3) is 0 Å². The van der Waals surface area contributed by atoms with Crippen molar-refractivity contribution in [3.8, 4) is 0 Å². The molecular weight excluding hydrogens is 258 g/mol. The molecule has 0 unspecified atom stereocenters. The average molecular weight is 277 g/mol. The third-order valence-corrected chi connectivity index (χ3v) is 3.05. The monoisotopic (exact) mass is 277 g/mol. The molecular formula is C13H19N5O2. The molecule has 20 heavy (non-hydrogen) atoms. The van der Waals surface area contributed by atoms with Crippen LogP contribution >= 0.6 is 0 Å². The first-order valence-electron chi connectivity index (χ1n) is 6.68. The van der Waals surface area contributed by atoms with E-state index in [1.54, 1.807) is 18.3 Å². The molecule has 1 fully saturated rings. The Morgan fingerprint density at radius 2 is 2.10 bits per heavy atom. The largest absolute Gasteiger partial charge is 0.347 e. The molecule has 0 radical (unpaired) electrons. The quantitative estimate of drug-likeness (QED) is 0.617. The number of nitrogens with one attached hydrogen (secondary N) is 3. The first-order chi connectivity index (χ1) is 9.75. The lowest BCUT2D eigenvalue weighted by Gasteiger charge is -2.26. The van der Waals surface area contributed by atoms with Crippen molar-refractivity contribution >= 4 is 17.5 Å². The van der Waals surface area contributed by atoms with Crippen molar-refractivity contribution in [1.82, 2.24) is 20.5 Å². The highest BCUT2D eigenvalue weighted by molar-refractivity contribution is 6.39. The van der Waals surface area contributed by atoms with Crippen LogP contribution in [0.15, 0.2) is 24.5 Å². The van der Waals surface area contributed by atoms with Gasteiger partial charge in [-0.1, -0.05) is 0 Å². The zero-order valence-electron chi connectivity index (χ0n) is 11.3. The van der Waals surface area contributed by atoms with Crippen LogP contribution in [0.2, 0.25) is 0 Å². The van der Waals surface area contributed by atoms with Gasteiger partial charge in [0.25, 0.3) is 0 Å². The molecule has 1 aromatic heterocycles. The number of aromatic nitrogens is 1. The fraction of sp³-hybridized carbons (Fsp3) is 0.462. The maximum atomic E-state index is 11.6. The molecule has 0 bridgehead atoms. The van der Waals surface area contributed by atoms with Gasteiger partial charge in [-0.05, 0) is 12.1 Å². The van der Waals surface area contributed by atoms with Crippen LogP contribution in [-0.4, -0.2) is 61.0 Å². The van der Waals surface area contributed by atoms with Gasteiger partial charge in [-0.3, -0.25) is 19.5 Å². The van der Waals surface area contributed by atoms with E-state index in [2.05, 4.69) is 25.8 Å². The number of rotatable bonds is 4. The molecule has 0 aromatic carbocycles. The lowest BCUT2D eigenvalue weighted by Crippen LogP contribution is -2.47. The van der Waals surface area contributed by atoms with Gasteiger partial charge in [0.05, 0.1) is 11.9 Å². The van der Waals surface area contributed by atoms with Crippen LogP contribution in [0, 0.1) is 0 Å². The summed E-state index contributed by atoms with van der Waals surface area (Å²) in [5.41, 5.74) is 0.509. The summed E-state index contributed by atoms with van der Waals surface area (Å²) in [5, 5.41) is 8.37. The fourth-order valence-electron chi connectivity index (χ4n) is 1.97. The van der Waals surface area contributed by atoms with Crippen LogP contribution in [0.1, 0.15) is 0 Å². The molecule has 3 N–H and O–H groups in total. The second-order valence-corrected chi connectivity index (χ2v) is 4.54. The maximum Gasteiger partial charge on any atom is 0.313 e. The zero-order chi connectivity index (χ0) is 14.2. The third kappa shape index (κ3) is 4.60. The molecule has 7 nitrogen and oxygen atoms in total. The van der Waals surface area contributed by atoms with Crippen molar-refractivity contribution in [2.75, 3.05) is 44.6 Å². The van der Waals surface area contributed by atoms with Gasteiger partial charge < -0.3 is 16.0 Å². The summed E-state index contributed by atoms with van der Waals surface area (Å²) in [7, 11) is 0. The van der Waals surface area contributed by atoms with E-state index in [1.165, 1.54) is 6.20 Å². The van der Waals surface area contributed by atoms with E-state index in [1.807, 2.05) is 0 Å². The number of nitrogens with zero attached hydrogens (tertiary/aromatic N) is 2. The van der Waals surface area contributed by atoms with Gasteiger partial charge in [0.1, 0.15) is 0 Å². The molecule has 1 aliphatic rings. The number of carbonyl (C=O) groups excluding carboxylic acids is 2. The molecule has 0 saturated carbocycles. The SMILES string of the molecule is O=C(NCCN1CCNCC1)C(=O)Nc1cccnc1. The lowest BCUT2D eigenvalue weighted by atomic mass is 10.3. The Morgan fingerprint density at radius 1 is 1.30 bits per heavy atom. The molecule has 2 heterocycles. The molecule has 7 heteroatoms. The molecule has 0 spiro atoms. The van der Waals surface area contributed by atoms with Gasteiger partial charge >= 0.3 is 11.8 Å². The Balaban J connectivity index is 1.67. The molecule has 0 aliphatic carbocycles. The summed E-state index contributed by atoms with van der Waals surface area (Å²) < 4.78 is 0. The van der Waals surface area contributed by atoms with Crippen molar-refractivity contribution in [1.29, 1.82) is 0 Å². The molecule has 1 aliphatic heterocycles. The molecule has 2 rings (SSSR count). The van der Waals surface area contributed by atoms with E-state index >= 15 is 0 Å². The van der Waals surface area contributed by atoms with Crippen LogP contribution in [0.3, 0.4) is 0 Å². The van der Waals surface area contributed by atoms with Crippen molar-refractivity contribution in [2.45, 2.75) is 0 Å². The maximum absolute atomic E-state index is 11.6. The number of pyridine rings is 1. The molecule has 2 amide bonds. The van der Waals surface area contributed by atoms with E-state index in [4.69, 9.17) is 0 Å². The van der Waals surface area contributed by atoms with E-state index in [0.717, 1.165) is 32.7 Å². The highest BCUT2D eigenvalue weighted by Crippen LogP contribution is 2.01. The second-order valence-electron chi connectivity index (χ2n) is 4.54. The summed E-state index contributed by atoms with van der Waals surface area (Å²) in [4.78, 5) is 29.3. The number of amides is 2. The minimum Gasteiger partial charge on any atom is -0.347 e. The van der Waals surface area contributed by atoms with Crippen LogP contribution < -0.4 is 16.0 Å². The summed E-state index contributed by atoms with van der Waals surface area (Å²) >= 11 is 0. The van der Waals surface area contributed by atoms with Gasteiger partial charge in [0.15, 0.2) is 0 Å². The first-order valence-corrected chi connectivity index (χ1v) is 6.68. The molecule has 108 valence electrons. The summed E-state index contributed by atoms with van der Waals surface area (Å²) in [6.45, 7) is 5.10. The minimum atomic E-state index is -0.668. The first kappa shape index (κ1) is 14.4. The Hall–Kier alpha value is -1.99. The van der Waals surface area contributed by atoms with E-state index in [-0.39, 0.29) is 0 Å². The minimum absolute atomic E-state index is 0.472. The van der Waals surface area contributed by atoms with Gasteiger partial charge in [-0.25, -0.2) is 0 Å². The average Bonchev–Trinajstić information content (AvgIpc) is 2.49. The van der Waals surface area contributed by atoms with E-state index < -0.39 is 11.8 Å². The summed E-state index contributed by atoms with van der Waals surface area (Å²) in [5.74, 6) is -1.29. The van der Waals surface area contributed by atoms with Crippen LogP contribution in [-0.2, 0) is 9.59 Å². The Labute approximate surface area is 117 Å². The number of anilines is 1. The summed E-state index contributed by atoms with van der Waals surface area (Å²) in [6, 6.07) is 3.37. The number of hydrogen-bond acceptors (Lipinski definition) is 5. The van der Waals surface area contributed by atoms with Gasteiger partial charge in [-0.15, -0.1) is 0 Å². The van der Waals surface area contributed by atoms with Gasteiger partial charge in [0, 0.05) is 45.5 Å². The topological polar surface area (TPSA) is 86.4 Å². The van der Waals surface area contributed by atoms with Crippen molar-refractivity contribution in [3.05, 3.63) is 24.5 Å². The standard InChI is InChI=1S/C13H19N5O2/c19-12(13(20)17-11-2-1-3-15-10-11)16-6-9-18-7-4-14-5-8-18/h1-3,10,14H,4-9H2,(H,16,19)(H,17,20). The third-order valence-electron chi connectivity index (χ3n) is 3.05. The number of hydrogen-bond donors (Lipinski definition) is 3. The van der Waals surface area contributed by atoms with Crippen molar-refractivity contribution < 1.29 is 9.59 Å². The Bertz CT molecular complexity index is 445. The highest BCUT2D eigenvalue weighted by Gasteiger charge is 2.14. The predicted molar refractivity (Wildman–Crippen MR) is 75.2 cm³/mol. The number of piperazine rings is 1. The van der Waals surface area contributed by atoms with Crippen LogP contribution in [0.4, 0.5) is 5.69 Å². The van der Waals surface area contributed by atoms with Gasteiger partial charge in [-0.2, -0.15) is 0 Å². The normalized spacial score (nSPS) is 15.6. The second kappa shape index (κ2) is 7.56. The Kier molecular flexibility index (Phi) is 5.45. The summed E-state index contributed by atoms with van der Waals surface area (Å²) in [6.07, 6.45) is 3.09. The smallest absolute Gasteiger partial charge is 0.313 e. The van der Waals surface area contributed by atoms with E-state index in [0.29, 0.717) is 12.2 Å². The fourth-order valence-corrected chi connectivity index (χ4v) is 1.97. The van der Waals surface area contributed by atoms with Crippen molar-refractivity contribution in [3.63, 3.8) is 0 Å². The molecule has 1 saturated heterocycles. The zero-order valence-corrected chi connectivity index (χ0v) is 11.3. The van der Waals surface area contributed by atoms with Crippen molar-refractivity contribution in [2.24, 2.45) is 0 Å². The van der Waals surface area contributed by atoms with Gasteiger partial charge in [0.2, 0.25) is 0 Å². The Morgan fingerprint density at radius 3 is 2.80 bits per heavy atom. The highest BCUT2D eigenvalue weighted by atomic mass is 16.2.